The summed E-state index contributed by atoms with van der Waals surface area (Å²) in [6, 6.07) is 16.0. The number of carbonyl (C=O) groups excluding carboxylic acids is 1. The minimum atomic E-state index is 0.0689. The zero-order chi connectivity index (χ0) is 19.6. The predicted octanol–water partition coefficient (Wildman–Crippen LogP) is 4.10. The Morgan fingerprint density at radius 1 is 1.00 bits per heavy atom. The Labute approximate surface area is 170 Å². The van der Waals surface area contributed by atoms with Gasteiger partial charge in [-0.25, -0.2) is 0 Å². The first-order valence-corrected chi connectivity index (χ1v) is 10.3. The summed E-state index contributed by atoms with van der Waals surface area (Å²) in [6.07, 6.45) is 3.61. The predicted molar refractivity (Wildman–Crippen MR) is 112 cm³/mol. The largest absolute Gasteiger partial charge is 0.486 e. The number of piperidine rings is 1. The summed E-state index contributed by atoms with van der Waals surface area (Å²) in [6.45, 7) is 3.81. The first-order valence-electron chi connectivity index (χ1n) is 10.3. The topological polar surface area (TPSA) is 51.7 Å². The van der Waals surface area contributed by atoms with Gasteiger partial charge in [-0.2, -0.15) is 0 Å². The van der Waals surface area contributed by atoms with E-state index in [0.29, 0.717) is 19.0 Å². The molecule has 0 bridgehead atoms. The fourth-order valence-electron chi connectivity index (χ4n) is 4.32. The van der Waals surface area contributed by atoms with Crippen LogP contribution in [0.1, 0.15) is 28.8 Å². The third-order valence-corrected chi connectivity index (χ3v) is 5.90. The fraction of sp³-hybridized carbons (Fsp3) is 0.333. The van der Waals surface area contributed by atoms with Crippen molar-refractivity contribution in [3.63, 3.8) is 0 Å². The maximum atomic E-state index is 13.0. The lowest BCUT2D eigenvalue weighted by Crippen LogP contribution is -2.36. The molecule has 0 atom stereocenters. The summed E-state index contributed by atoms with van der Waals surface area (Å²) in [4.78, 5) is 20.0. The number of Topliss-reactive ketones (excluding diaryl/α,β-unsaturated/α-hetero) is 1. The van der Waals surface area contributed by atoms with Crippen molar-refractivity contribution >= 4 is 16.7 Å². The summed E-state index contributed by atoms with van der Waals surface area (Å²) in [5, 5.41) is 1.17. The first kappa shape index (κ1) is 18.1. The zero-order valence-electron chi connectivity index (χ0n) is 16.3. The highest BCUT2D eigenvalue weighted by atomic mass is 16.6. The maximum Gasteiger partial charge on any atom is 0.166 e. The number of para-hydroxylation sites is 1. The zero-order valence-corrected chi connectivity index (χ0v) is 16.3. The second-order valence-electron chi connectivity index (χ2n) is 7.77. The highest BCUT2D eigenvalue weighted by molar-refractivity contribution is 5.98. The van der Waals surface area contributed by atoms with E-state index in [1.165, 1.54) is 10.9 Å². The number of ether oxygens (including phenoxy) is 2. The quantitative estimate of drug-likeness (QED) is 0.630. The van der Waals surface area contributed by atoms with Crippen LogP contribution in [0.3, 0.4) is 0 Å². The van der Waals surface area contributed by atoms with Crippen molar-refractivity contribution < 1.29 is 14.3 Å². The van der Waals surface area contributed by atoms with E-state index in [0.717, 1.165) is 49.3 Å². The number of ketones is 1. The van der Waals surface area contributed by atoms with Gasteiger partial charge in [0, 0.05) is 29.6 Å². The average Bonchev–Trinajstić information content (AvgIpc) is 2.79. The van der Waals surface area contributed by atoms with Crippen LogP contribution in [0.4, 0.5) is 0 Å². The van der Waals surface area contributed by atoms with Crippen LogP contribution >= 0.6 is 0 Å². The molecule has 0 saturated carbocycles. The van der Waals surface area contributed by atoms with Gasteiger partial charge >= 0.3 is 0 Å². The van der Waals surface area contributed by atoms with Crippen molar-refractivity contribution in [2.75, 3.05) is 26.3 Å². The molecular weight excluding hydrogens is 364 g/mol. The van der Waals surface area contributed by atoms with Crippen molar-refractivity contribution in [1.29, 1.82) is 0 Å². The van der Waals surface area contributed by atoms with Gasteiger partial charge in [-0.15, -0.1) is 0 Å². The van der Waals surface area contributed by atoms with Crippen molar-refractivity contribution in [2.24, 2.45) is 5.92 Å². The van der Waals surface area contributed by atoms with Gasteiger partial charge < -0.3 is 9.47 Å². The Hall–Kier alpha value is -2.92. The molecule has 5 rings (SSSR count). The Morgan fingerprint density at radius 3 is 2.66 bits per heavy atom. The van der Waals surface area contributed by atoms with E-state index in [-0.39, 0.29) is 11.7 Å². The lowest BCUT2D eigenvalue weighted by molar-refractivity contribution is 0.0834. The smallest absolute Gasteiger partial charge is 0.166 e. The number of carbonyl (C=O) groups is 1. The number of rotatable bonds is 4. The van der Waals surface area contributed by atoms with Crippen LogP contribution in [-0.2, 0) is 6.54 Å². The number of nitrogens with zero attached hydrogens (tertiary/aromatic N) is 2. The average molecular weight is 388 g/mol. The molecule has 0 radical (unpaired) electrons. The molecule has 2 aliphatic rings. The minimum absolute atomic E-state index is 0.0689. The van der Waals surface area contributed by atoms with Crippen LogP contribution in [0.5, 0.6) is 11.5 Å². The summed E-state index contributed by atoms with van der Waals surface area (Å²) >= 11 is 0. The number of hydrogen-bond donors (Lipinski definition) is 0. The highest BCUT2D eigenvalue weighted by Crippen LogP contribution is 2.33. The van der Waals surface area contributed by atoms with Crippen molar-refractivity contribution in [3.05, 3.63) is 65.9 Å². The number of aromatic nitrogens is 1. The van der Waals surface area contributed by atoms with Gasteiger partial charge in [0.25, 0.3) is 0 Å². The van der Waals surface area contributed by atoms with Crippen LogP contribution in [0.2, 0.25) is 0 Å². The Morgan fingerprint density at radius 2 is 1.79 bits per heavy atom. The van der Waals surface area contributed by atoms with Gasteiger partial charge in [-0.05, 0) is 55.8 Å². The van der Waals surface area contributed by atoms with Crippen LogP contribution in [0, 0.1) is 5.92 Å². The molecule has 29 heavy (non-hydrogen) atoms. The van der Waals surface area contributed by atoms with E-state index < -0.39 is 0 Å². The summed E-state index contributed by atoms with van der Waals surface area (Å²) in [5.41, 5.74) is 3.05. The molecule has 2 aromatic carbocycles. The second-order valence-corrected chi connectivity index (χ2v) is 7.77. The molecule has 2 aliphatic heterocycles. The number of pyridine rings is 1. The molecule has 3 aromatic rings. The molecule has 0 N–H and O–H groups in total. The lowest BCUT2D eigenvalue weighted by Gasteiger charge is -2.31. The van der Waals surface area contributed by atoms with E-state index in [4.69, 9.17) is 9.47 Å². The molecule has 5 heteroatoms. The van der Waals surface area contributed by atoms with Gasteiger partial charge in [-0.1, -0.05) is 24.3 Å². The van der Waals surface area contributed by atoms with Crippen LogP contribution in [-0.4, -0.2) is 42.0 Å². The molecule has 1 saturated heterocycles. The summed E-state index contributed by atoms with van der Waals surface area (Å²) in [5.74, 6) is 1.70. The molecule has 1 aromatic heterocycles. The van der Waals surface area contributed by atoms with Crippen molar-refractivity contribution in [3.8, 4) is 11.5 Å². The van der Waals surface area contributed by atoms with E-state index in [1.807, 2.05) is 30.5 Å². The Kier molecular flexibility index (Phi) is 4.90. The Balaban J connectivity index is 1.24. The number of likely N-dealkylation sites (tertiary alicyclic amines) is 1. The monoisotopic (exact) mass is 388 g/mol. The standard InChI is InChI=1S/C24H24N2O3/c27-24(19-6-7-21-22(15-19)29-14-13-28-21)18-8-11-26(12-9-18)16-20-4-1-3-17-5-2-10-25-23(17)20/h1-7,10,15,18H,8-9,11-14,16H2. The first-order chi connectivity index (χ1) is 14.3. The summed E-state index contributed by atoms with van der Waals surface area (Å²) < 4.78 is 11.2. The van der Waals surface area contributed by atoms with Crippen LogP contribution in [0.25, 0.3) is 10.9 Å². The number of hydrogen-bond acceptors (Lipinski definition) is 5. The molecule has 0 aliphatic carbocycles. The van der Waals surface area contributed by atoms with Gasteiger partial charge in [0.1, 0.15) is 13.2 Å². The Bertz CT molecular complexity index is 1040. The van der Waals surface area contributed by atoms with E-state index in [9.17, 15) is 4.79 Å². The van der Waals surface area contributed by atoms with Crippen LogP contribution < -0.4 is 9.47 Å². The van der Waals surface area contributed by atoms with Gasteiger partial charge in [0.15, 0.2) is 17.3 Å². The minimum Gasteiger partial charge on any atom is -0.486 e. The maximum absolute atomic E-state index is 13.0. The summed E-state index contributed by atoms with van der Waals surface area (Å²) in [7, 11) is 0. The molecule has 0 unspecified atom stereocenters. The molecule has 0 spiro atoms. The third kappa shape index (κ3) is 3.70. The molecule has 148 valence electrons. The highest BCUT2D eigenvalue weighted by Gasteiger charge is 2.27. The van der Waals surface area contributed by atoms with E-state index in [1.54, 1.807) is 0 Å². The van der Waals surface area contributed by atoms with E-state index >= 15 is 0 Å². The van der Waals surface area contributed by atoms with E-state index in [2.05, 4.69) is 34.1 Å². The van der Waals surface area contributed by atoms with Crippen molar-refractivity contribution in [1.82, 2.24) is 9.88 Å². The van der Waals surface area contributed by atoms with Gasteiger partial charge in [0.05, 0.1) is 5.52 Å². The molecule has 1 fully saturated rings. The molecule has 5 nitrogen and oxygen atoms in total. The second kappa shape index (κ2) is 7.84. The number of fused-ring (bicyclic) bond motifs is 2. The molecule has 3 heterocycles. The lowest BCUT2D eigenvalue weighted by atomic mass is 9.88. The third-order valence-electron chi connectivity index (χ3n) is 5.90. The molecular formula is C24H24N2O3. The van der Waals surface area contributed by atoms with Gasteiger partial charge in [-0.3, -0.25) is 14.7 Å². The normalized spacial score (nSPS) is 17.4. The molecule has 0 amide bonds. The number of benzene rings is 2. The SMILES string of the molecule is O=C(c1ccc2c(c1)OCCO2)C1CCN(Cc2cccc3cccnc23)CC1. The van der Waals surface area contributed by atoms with Gasteiger partial charge in [0.2, 0.25) is 0 Å². The van der Waals surface area contributed by atoms with Crippen molar-refractivity contribution in [2.45, 2.75) is 19.4 Å². The van der Waals surface area contributed by atoms with Crippen LogP contribution in [0.15, 0.2) is 54.7 Å². The fourth-order valence-corrected chi connectivity index (χ4v) is 4.32.